The van der Waals surface area contributed by atoms with Gasteiger partial charge in [0.05, 0.1) is 0 Å². The molecule has 0 aliphatic heterocycles. The molecule has 17 heteroatoms. The second-order valence-electron chi connectivity index (χ2n) is 0. The third kappa shape index (κ3) is 134. The molecule has 0 fully saturated rings. The molecule has 0 N–H and O–H groups in total. The van der Waals surface area contributed by atoms with Crippen molar-refractivity contribution in [3.63, 3.8) is 0 Å². The van der Waals surface area contributed by atoms with Crippen LogP contribution in [-0.2, 0) is 358 Å². The van der Waals surface area contributed by atoms with Gasteiger partial charge in [0.25, 0.3) is 0 Å². The van der Waals surface area contributed by atoms with Crippen molar-refractivity contribution in [1.29, 1.82) is 0 Å². The summed E-state index contributed by atoms with van der Waals surface area (Å²) in [6, 6.07) is 0. The Morgan fingerprint density at radius 2 is 0.0588 bits per heavy atom. The van der Waals surface area contributed by atoms with E-state index in [9.17, 15) is 0 Å². The Morgan fingerprint density at radius 3 is 0.0588 bits per heavy atom. The van der Waals surface area contributed by atoms with Crippen molar-refractivity contribution >= 4 is 0 Å². The van der Waals surface area contributed by atoms with Crippen LogP contribution in [-0.4, -0.2) is 0 Å². The fourth-order valence-electron chi connectivity index (χ4n) is 0. The Hall–Kier alpha value is 11.7. The Labute approximate surface area is 348 Å². The van der Waals surface area contributed by atoms with Crippen LogP contribution in [0.2, 0.25) is 0 Å². The van der Waals surface area contributed by atoms with E-state index in [-0.39, 0.29) is 358 Å². The van der Waals surface area contributed by atoms with Crippen LogP contribution in [0, 0.1) is 0 Å². The summed E-state index contributed by atoms with van der Waals surface area (Å²) in [5.74, 6) is 0. The fourth-order valence-corrected chi connectivity index (χ4v) is 0. The van der Waals surface area contributed by atoms with Crippen LogP contribution in [0.25, 0.3) is 0 Å². The third-order valence-electron chi connectivity index (χ3n) is 0. The topological polar surface area (TPSA) is 0 Å². The smallest absolute Gasteiger partial charge is 0 e. The third-order valence-corrected chi connectivity index (χ3v) is 0. The summed E-state index contributed by atoms with van der Waals surface area (Å²) < 4.78 is 0. The summed E-state index contributed by atoms with van der Waals surface area (Å²) in [7, 11) is 0. The van der Waals surface area contributed by atoms with Gasteiger partial charge in [-0.05, 0) is 0 Å². The van der Waals surface area contributed by atoms with Crippen LogP contribution in [0.15, 0.2) is 0 Å². The van der Waals surface area contributed by atoms with Crippen molar-refractivity contribution in [3.8, 4) is 0 Å². The van der Waals surface area contributed by atoms with E-state index < -0.39 is 0 Å². The van der Waals surface area contributed by atoms with E-state index in [4.69, 9.17) is 0 Å². The minimum Gasteiger partial charge on any atom is 0 e. The van der Waals surface area contributed by atoms with Gasteiger partial charge in [0.1, 0.15) is 0 Å². The summed E-state index contributed by atoms with van der Waals surface area (Å²) in [6.07, 6.45) is 0. The first-order valence-corrected chi connectivity index (χ1v) is 0. The molecule has 0 aliphatic carbocycles. The molecule has 0 aliphatic rings. The summed E-state index contributed by atoms with van der Waals surface area (Å²) in [6.45, 7) is 0. The molecule has 0 nitrogen and oxygen atoms in total. The first kappa shape index (κ1) is 161. The van der Waals surface area contributed by atoms with Gasteiger partial charge in [0, 0.05) is 358 Å². The summed E-state index contributed by atoms with van der Waals surface area (Å²) in [5.41, 5.74) is 0. The average molecular weight is 3320 g/mol. The zero-order valence-electron chi connectivity index (χ0n) is 5.38. The monoisotopic (exact) mass is 3310 g/mol. The van der Waals surface area contributed by atoms with Crippen LogP contribution in [0.3, 0.4) is 0 Å². The van der Waals surface area contributed by atoms with Crippen molar-refractivity contribution in [1.82, 2.24) is 0 Å². The number of hydrogen-bond donors (Lipinski definition) is 0. The molecule has 0 rings (SSSR count). The molecule has 17 heavy (non-hydrogen) atoms. The summed E-state index contributed by atoms with van der Waals surface area (Å²) >= 11 is 0. The van der Waals surface area contributed by atoms with E-state index in [0.717, 1.165) is 0 Å². The molecule has 0 radical (unpaired) electrons. The van der Waals surface area contributed by atoms with Crippen molar-refractivity contribution in [2.24, 2.45) is 0 Å². The van der Waals surface area contributed by atoms with Gasteiger partial charge in [-0.2, -0.15) is 0 Å². The maximum absolute atomic E-state index is 0. The molecule has 0 saturated heterocycles. The maximum atomic E-state index is 0. The molecular formula is Pt17. The van der Waals surface area contributed by atoms with Gasteiger partial charge in [-0.15, -0.1) is 0 Å². The molecule has 0 spiro atoms. The van der Waals surface area contributed by atoms with Gasteiger partial charge in [-0.3, -0.25) is 0 Å². The SMILES string of the molecule is [Pt].[Pt].[Pt].[Pt].[Pt].[Pt].[Pt].[Pt].[Pt].[Pt].[Pt].[Pt].[Pt].[Pt].[Pt].[Pt].[Pt]. The first-order chi connectivity index (χ1) is 0. The minimum absolute atomic E-state index is 0. The Morgan fingerprint density at radius 1 is 0.0588 bits per heavy atom. The quantitative estimate of drug-likeness (QED) is 0.320. The van der Waals surface area contributed by atoms with Gasteiger partial charge in [0.2, 0.25) is 0 Å². The number of hydrogen-bond acceptors (Lipinski definition) is 0. The molecule has 0 amide bonds. The van der Waals surface area contributed by atoms with Crippen LogP contribution < -0.4 is 0 Å². The van der Waals surface area contributed by atoms with E-state index in [2.05, 4.69) is 0 Å². The van der Waals surface area contributed by atoms with Gasteiger partial charge in [-0.1, -0.05) is 0 Å². The van der Waals surface area contributed by atoms with Gasteiger partial charge >= 0.3 is 0 Å². The van der Waals surface area contributed by atoms with E-state index in [1.807, 2.05) is 0 Å². The Balaban J connectivity index is 0. The zero-order valence-corrected chi connectivity index (χ0v) is 44.0. The fraction of sp³-hybridized carbons (Fsp3) is 0. The maximum Gasteiger partial charge on any atom is 0 e. The molecule has 0 bridgehead atoms. The molecular weight excluding hydrogens is 3320 g/mol. The molecule has 0 aromatic carbocycles. The predicted molar refractivity (Wildman–Crippen MR) is 0 cm³/mol. The molecule has 0 saturated carbocycles. The van der Waals surface area contributed by atoms with E-state index >= 15 is 0 Å². The van der Waals surface area contributed by atoms with Crippen molar-refractivity contribution < 1.29 is 358 Å². The Kier molecular flexibility index (Phi) is 1360. The summed E-state index contributed by atoms with van der Waals surface area (Å²) in [4.78, 5) is 0. The molecule has 170 valence electrons. The van der Waals surface area contributed by atoms with E-state index in [0.29, 0.717) is 0 Å². The van der Waals surface area contributed by atoms with Gasteiger partial charge in [-0.25, -0.2) is 0 Å². The summed E-state index contributed by atoms with van der Waals surface area (Å²) in [5, 5.41) is 0. The van der Waals surface area contributed by atoms with Crippen molar-refractivity contribution in [2.75, 3.05) is 0 Å². The molecule has 0 heterocycles. The first-order valence-electron chi connectivity index (χ1n) is 0. The molecule has 0 aromatic rings. The Bertz CT molecular complexity index is 0. The van der Waals surface area contributed by atoms with Gasteiger partial charge in [0.15, 0.2) is 0 Å². The molecule has 0 aromatic heterocycles. The molecule has 0 atom stereocenters. The second-order valence-corrected chi connectivity index (χ2v) is 0. The normalized spacial score (nSPS) is 0. The van der Waals surface area contributed by atoms with Gasteiger partial charge < -0.3 is 0 Å². The number of rotatable bonds is 0. The van der Waals surface area contributed by atoms with Crippen molar-refractivity contribution in [3.05, 3.63) is 0 Å². The predicted octanol–water partition coefficient (Wildman–Crippen LogP) is -0.0425. The van der Waals surface area contributed by atoms with Crippen LogP contribution in [0.4, 0.5) is 0 Å². The second kappa shape index (κ2) is 144. The molecule has 0 unspecified atom stereocenters. The van der Waals surface area contributed by atoms with Crippen molar-refractivity contribution in [2.45, 2.75) is 0 Å². The zero-order chi connectivity index (χ0) is 0. The van der Waals surface area contributed by atoms with Crippen LogP contribution in [0.5, 0.6) is 0 Å². The average Bonchev–Trinajstić information content (AvgIpc) is 0. The minimum atomic E-state index is 0. The largest absolute Gasteiger partial charge is 0 e. The van der Waals surface area contributed by atoms with Crippen LogP contribution >= 0.6 is 0 Å². The van der Waals surface area contributed by atoms with Crippen LogP contribution in [0.1, 0.15) is 0 Å². The van der Waals surface area contributed by atoms with E-state index in [1.54, 1.807) is 0 Å². The standard InChI is InChI=1S/17Pt. The van der Waals surface area contributed by atoms with E-state index in [1.165, 1.54) is 0 Å².